The molecule has 0 saturated carbocycles. The fourth-order valence-corrected chi connectivity index (χ4v) is 9.14. The fraction of sp³-hybridized carbons (Fsp3) is 0.625. The summed E-state index contributed by atoms with van der Waals surface area (Å²) in [5.41, 5.74) is 1.72. The summed E-state index contributed by atoms with van der Waals surface area (Å²) in [7, 11) is -0.197. The highest BCUT2D eigenvalue weighted by Crippen LogP contribution is 2.44. The monoisotopic (exact) mass is 406 g/mol. The minimum Gasteiger partial charge on any atom is -0.542 e. The zero-order valence-corrected chi connectivity index (χ0v) is 16.8. The van der Waals surface area contributed by atoms with Crippen LogP contribution in [-0.2, 0) is 0 Å². The third kappa shape index (κ3) is 3.50. The van der Waals surface area contributed by atoms with Gasteiger partial charge in [-0.15, -0.1) is 0 Å². The lowest BCUT2D eigenvalue weighted by atomic mass is 10.3. The van der Waals surface area contributed by atoms with E-state index in [1.54, 1.807) is 7.11 Å². The van der Waals surface area contributed by atoms with E-state index in [0.717, 1.165) is 15.1 Å². The third-order valence-electron chi connectivity index (χ3n) is 4.13. The number of hydrogen-bond donors (Lipinski definition) is 0. The first kappa shape index (κ1) is 17.8. The van der Waals surface area contributed by atoms with Gasteiger partial charge in [0.25, 0.3) is 8.32 Å². The van der Waals surface area contributed by atoms with Crippen LogP contribution in [0.1, 0.15) is 41.5 Å². The summed E-state index contributed by atoms with van der Waals surface area (Å²) in [5, 5.41) is 0. The molecule has 0 heterocycles. The van der Waals surface area contributed by atoms with Crippen LogP contribution in [0.25, 0.3) is 0 Å². The second kappa shape index (κ2) is 7.16. The molecule has 1 rings (SSSR count). The Hall–Kier alpha value is -0.233. The maximum atomic E-state index is 6.71. The van der Waals surface area contributed by atoms with Crippen LogP contribution in [0.4, 0.5) is 0 Å². The standard InChI is InChI=1S/C16H27IO2Si/c1-11(2)20(12(3)4,13(5)6)19-16-10-14(18-7)8-9-15(16)17/h8-13H,1-7H3. The molecule has 114 valence electrons. The molecule has 0 atom stereocenters. The maximum absolute atomic E-state index is 6.71. The van der Waals surface area contributed by atoms with Crippen LogP contribution in [0.15, 0.2) is 18.2 Å². The van der Waals surface area contributed by atoms with E-state index >= 15 is 0 Å². The van der Waals surface area contributed by atoms with E-state index in [0.29, 0.717) is 16.6 Å². The Labute approximate surface area is 138 Å². The number of halogens is 1. The minimum atomic E-state index is -1.90. The quantitative estimate of drug-likeness (QED) is 0.436. The zero-order chi connectivity index (χ0) is 15.5. The van der Waals surface area contributed by atoms with Crippen molar-refractivity contribution in [1.82, 2.24) is 0 Å². The van der Waals surface area contributed by atoms with E-state index in [1.807, 2.05) is 12.1 Å². The molecule has 0 radical (unpaired) electrons. The van der Waals surface area contributed by atoms with Gasteiger partial charge < -0.3 is 9.16 Å². The molecule has 0 aliphatic carbocycles. The van der Waals surface area contributed by atoms with E-state index in [2.05, 4.69) is 70.2 Å². The Morgan fingerprint density at radius 2 is 1.45 bits per heavy atom. The predicted molar refractivity (Wildman–Crippen MR) is 97.4 cm³/mol. The van der Waals surface area contributed by atoms with Gasteiger partial charge in [-0.05, 0) is 51.3 Å². The summed E-state index contributed by atoms with van der Waals surface area (Å²) in [6, 6.07) is 6.07. The molecule has 2 nitrogen and oxygen atoms in total. The number of benzene rings is 1. The highest BCUT2D eigenvalue weighted by Gasteiger charge is 2.47. The SMILES string of the molecule is COc1ccc(I)c(O[Si](C(C)C)(C(C)C)C(C)C)c1. The highest BCUT2D eigenvalue weighted by atomic mass is 127. The lowest BCUT2D eigenvalue weighted by molar-refractivity contribution is 0.409. The Morgan fingerprint density at radius 3 is 1.85 bits per heavy atom. The topological polar surface area (TPSA) is 18.5 Å². The highest BCUT2D eigenvalue weighted by molar-refractivity contribution is 14.1. The summed E-state index contributed by atoms with van der Waals surface area (Å²) in [5.74, 6) is 1.84. The predicted octanol–water partition coefficient (Wildman–Crippen LogP) is 5.85. The summed E-state index contributed by atoms with van der Waals surface area (Å²) < 4.78 is 13.2. The first-order chi connectivity index (χ1) is 9.25. The minimum absolute atomic E-state index is 0.574. The van der Waals surface area contributed by atoms with E-state index < -0.39 is 8.32 Å². The van der Waals surface area contributed by atoms with Crippen molar-refractivity contribution in [2.24, 2.45) is 0 Å². The van der Waals surface area contributed by atoms with Gasteiger partial charge in [0.15, 0.2) is 0 Å². The van der Waals surface area contributed by atoms with Gasteiger partial charge in [-0.3, -0.25) is 0 Å². The van der Waals surface area contributed by atoms with Crippen LogP contribution >= 0.6 is 22.6 Å². The Bertz CT molecular complexity index is 422. The molecule has 4 heteroatoms. The normalized spacial score (nSPS) is 12.3. The van der Waals surface area contributed by atoms with Crippen molar-refractivity contribution in [3.05, 3.63) is 21.8 Å². The van der Waals surface area contributed by atoms with Gasteiger partial charge in [0.2, 0.25) is 0 Å². The van der Waals surface area contributed by atoms with Gasteiger partial charge in [0.1, 0.15) is 11.5 Å². The van der Waals surface area contributed by atoms with Crippen LogP contribution in [0, 0.1) is 3.57 Å². The number of hydrogen-bond acceptors (Lipinski definition) is 2. The average Bonchev–Trinajstić information content (AvgIpc) is 2.36. The van der Waals surface area contributed by atoms with Gasteiger partial charge in [-0.25, -0.2) is 0 Å². The molecule has 0 saturated heterocycles. The molecular formula is C16H27IO2Si. The van der Waals surface area contributed by atoms with Gasteiger partial charge in [-0.1, -0.05) is 41.5 Å². The van der Waals surface area contributed by atoms with Gasteiger partial charge in [-0.2, -0.15) is 0 Å². The van der Waals surface area contributed by atoms with Crippen LogP contribution in [0.3, 0.4) is 0 Å². The largest absolute Gasteiger partial charge is 0.542 e. The van der Waals surface area contributed by atoms with Crippen molar-refractivity contribution in [3.63, 3.8) is 0 Å². The summed E-state index contributed by atoms with van der Waals surface area (Å²) in [6.45, 7) is 13.8. The van der Waals surface area contributed by atoms with Crippen LogP contribution < -0.4 is 9.16 Å². The second-order valence-electron chi connectivity index (χ2n) is 6.22. The summed E-state index contributed by atoms with van der Waals surface area (Å²) >= 11 is 2.35. The van der Waals surface area contributed by atoms with Crippen molar-refractivity contribution >= 4 is 30.9 Å². The van der Waals surface area contributed by atoms with Gasteiger partial charge >= 0.3 is 0 Å². The molecule has 0 aromatic heterocycles. The van der Waals surface area contributed by atoms with E-state index in [1.165, 1.54) is 0 Å². The lowest BCUT2D eigenvalue weighted by Gasteiger charge is -2.42. The van der Waals surface area contributed by atoms with Crippen molar-refractivity contribution in [3.8, 4) is 11.5 Å². The maximum Gasteiger partial charge on any atom is 0.258 e. The molecule has 0 N–H and O–H groups in total. The molecule has 0 aliphatic rings. The lowest BCUT2D eigenvalue weighted by Crippen LogP contribution is -2.50. The molecule has 0 spiro atoms. The smallest absolute Gasteiger partial charge is 0.258 e. The first-order valence-electron chi connectivity index (χ1n) is 7.28. The van der Waals surface area contributed by atoms with E-state index in [-0.39, 0.29) is 0 Å². The Kier molecular flexibility index (Phi) is 6.38. The molecule has 0 aliphatic heterocycles. The fourth-order valence-electron chi connectivity index (χ4n) is 3.23. The van der Waals surface area contributed by atoms with Crippen LogP contribution in [-0.4, -0.2) is 15.4 Å². The summed E-state index contributed by atoms with van der Waals surface area (Å²) in [6.07, 6.45) is 0. The van der Waals surface area contributed by atoms with E-state index in [4.69, 9.17) is 9.16 Å². The van der Waals surface area contributed by atoms with E-state index in [9.17, 15) is 0 Å². The molecule has 1 aromatic rings. The van der Waals surface area contributed by atoms with Gasteiger partial charge in [0, 0.05) is 6.07 Å². The second-order valence-corrected chi connectivity index (χ2v) is 12.8. The average molecular weight is 406 g/mol. The molecule has 20 heavy (non-hydrogen) atoms. The third-order valence-corrected chi connectivity index (χ3v) is 11.0. The van der Waals surface area contributed by atoms with Crippen LogP contribution in [0.2, 0.25) is 16.6 Å². The Morgan fingerprint density at radius 1 is 0.950 bits per heavy atom. The number of ether oxygens (including phenoxy) is 1. The molecule has 0 unspecified atom stereocenters. The van der Waals surface area contributed by atoms with Crippen molar-refractivity contribution in [1.29, 1.82) is 0 Å². The molecule has 0 fully saturated rings. The molecular weight excluding hydrogens is 379 g/mol. The summed E-state index contributed by atoms with van der Waals surface area (Å²) in [4.78, 5) is 0. The van der Waals surface area contributed by atoms with Crippen molar-refractivity contribution in [2.45, 2.75) is 58.2 Å². The van der Waals surface area contributed by atoms with Crippen LogP contribution in [0.5, 0.6) is 11.5 Å². The van der Waals surface area contributed by atoms with Crippen molar-refractivity contribution < 1.29 is 9.16 Å². The van der Waals surface area contributed by atoms with Crippen molar-refractivity contribution in [2.75, 3.05) is 7.11 Å². The molecule has 0 bridgehead atoms. The zero-order valence-electron chi connectivity index (χ0n) is 13.7. The Balaban J connectivity index is 3.26. The number of rotatable bonds is 6. The van der Waals surface area contributed by atoms with Gasteiger partial charge in [0.05, 0.1) is 10.7 Å². The molecule has 1 aromatic carbocycles. The first-order valence-corrected chi connectivity index (χ1v) is 10.5. The molecule has 0 amide bonds. The number of methoxy groups -OCH3 is 1.